The van der Waals surface area contributed by atoms with Crippen molar-refractivity contribution in [1.29, 1.82) is 0 Å². The number of nitrogens with zero attached hydrogens (tertiary/aromatic N) is 1. The van der Waals surface area contributed by atoms with Gasteiger partial charge in [0, 0.05) is 11.0 Å². The second kappa shape index (κ2) is 6.87. The van der Waals surface area contributed by atoms with E-state index in [4.69, 9.17) is 0 Å². The van der Waals surface area contributed by atoms with E-state index >= 15 is 0 Å². The topological polar surface area (TPSA) is 71.1 Å². The number of aromatic nitrogens is 1. The summed E-state index contributed by atoms with van der Waals surface area (Å²) in [5, 5.41) is 5.01. The fourth-order valence-electron chi connectivity index (χ4n) is 1.64. The first-order chi connectivity index (χ1) is 9.92. The highest BCUT2D eigenvalue weighted by atomic mass is 79.9. The number of anilines is 1. The molecule has 2 N–H and O–H groups in total. The Hall–Kier alpha value is -0.960. The van der Waals surface area contributed by atoms with Crippen molar-refractivity contribution in [2.75, 3.05) is 11.3 Å². The zero-order valence-electron chi connectivity index (χ0n) is 11.7. The Labute approximate surface area is 137 Å². The predicted molar refractivity (Wildman–Crippen MR) is 89.2 cm³/mol. The molecule has 2 rings (SSSR count). The Morgan fingerprint density at radius 2 is 2.14 bits per heavy atom. The molecule has 8 heteroatoms. The van der Waals surface area contributed by atoms with Gasteiger partial charge in [-0.05, 0) is 58.5 Å². The van der Waals surface area contributed by atoms with E-state index in [0.717, 1.165) is 22.3 Å². The van der Waals surface area contributed by atoms with Crippen LogP contribution in [0.2, 0.25) is 0 Å². The quantitative estimate of drug-likeness (QED) is 0.795. The lowest BCUT2D eigenvalue weighted by Gasteiger charge is -2.06. The molecular formula is C13H16BrN3O2S2. The molecule has 0 saturated carbocycles. The number of thiophene rings is 1. The van der Waals surface area contributed by atoms with E-state index in [1.165, 1.54) is 11.3 Å². The number of nitrogens with one attached hydrogen (secondary N) is 2. The summed E-state index contributed by atoms with van der Waals surface area (Å²) in [5.74, 6) is 0.317. The summed E-state index contributed by atoms with van der Waals surface area (Å²) in [7, 11) is -3.58. The smallest absolute Gasteiger partial charge is 0.272 e. The summed E-state index contributed by atoms with van der Waals surface area (Å²) in [6.45, 7) is 5.32. The third-order valence-corrected chi connectivity index (χ3v) is 6.42. The van der Waals surface area contributed by atoms with Crippen molar-refractivity contribution >= 4 is 43.1 Å². The van der Waals surface area contributed by atoms with E-state index in [-0.39, 0.29) is 4.21 Å². The molecule has 0 atom stereocenters. The Bertz CT molecular complexity index is 729. The van der Waals surface area contributed by atoms with Gasteiger partial charge in [-0.25, -0.2) is 13.4 Å². The summed E-state index contributed by atoms with van der Waals surface area (Å²) < 4.78 is 28.3. The second-order valence-electron chi connectivity index (χ2n) is 4.42. The van der Waals surface area contributed by atoms with Crippen LogP contribution in [0, 0.1) is 6.92 Å². The van der Waals surface area contributed by atoms with E-state index in [0.29, 0.717) is 12.4 Å². The molecule has 21 heavy (non-hydrogen) atoms. The fourth-order valence-corrected chi connectivity index (χ4v) is 4.08. The van der Waals surface area contributed by atoms with Crippen LogP contribution >= 0.6 is 27.3 Å². The lowest BCUT2D eigenvalue weighted by atomic mass is 10.3. The van der Waals surface area contributed by atoms with Gasteiger partial charge >= 0.3 is 0 Å². The van der Waals surface area contributed by atoms with Gasteiger partial charge in [-0.1, -0.05) is 6.92 Å². The summed E-state index contributed by atoms with van der Waals surface area (Å²) in [6.07, 6.45) is 0. The van der Waals surface area contributed by atoms with Crippen LogP contribution < -0.4 is 10.0 Å². The van der Waals surface area contributed by atoms with Gasteiger partial charge in [0.15, 0.2) is 0 Å². The average Bonchev–Trinajstić information content (AvgIpc) is 2.90. The largest absolute Gasteiger partial charge is 0.313 e. The van der Waals surface area contributed by atoms with Crippen LogP contribution in [0.3, 0.4) is 0 Å². The van der Waals surface area contributed by atoms with Crippen molar-refractivity contribution < 1.29 is 8.42 Å². The molecule has 2 aromatic rings. The third-order valence-electron chi connectivity index (χ3n) is 2.73. The van der Waals surface area contributed by atoms with Gasteiger partial charge in [0.05, 0.1) is 5.69 Å². The summed E-state index contributed by atoms with van der Waals surface area (Å²) >= 11 is 4.54. The van der Waals surface area contributed by atoms with Crippen molar-refractivity contribution in [3.8, 4) is 0 Å². The monoisotopic (exact) mass is 389 g/mol. The summed E-state index contributed by atoms with van der Waals surface area (Å²) in [6, 6.07) is 5.08. The highest BCUT2D eigenvalue weighted by Gasteiger charge is 2.17. The van der Waals surface area contributed by atoms with Gasteiger partial charge in [0.1, 0.15) is 10.0 Å². The minimum atomic E-state index is -3.58. The molecule has 0 aliphatic heterocycles. The number of pyridine rings is 1. The first-order valence-corrected chi connectivity index (χ1v) is 9.52. The maximum Gasteiger partial charge on any atom is 0.272 e. The van der Waals surface area contributed by atoms with Crippen LogP contribution in [0.5, 0.6) is 0 Å². The molecule has 5 nitrogen and oxygen atoms in total. The Morgan fingerprint density at radius 3 is 2.81 bits per heavy atom. The van der Waals surface area contributed by atoms with Gasteiger partial charge in [-0.15, -0.1) is 11.3 Å². The highest BCUT2D eigenvalue weighted by Crippen LogP contribution is 2.23. The van der Waals surface area contributed by atoms with Crippen molar-refractivity contribution in [3.63, 3.8) is 0 Å². The molecule has 0 bridgehead atoms. The molecule has 0 fully saturated rings. The zero-order valence-corrected chi connectivity index (χ0v) is 14.9. The zero-order chi connectivity index (χ0) is 15.5. The Morgan fingerprint density at radius 1 is 1.38 bits per heavy atom. The Kier molecular flexibility index (Phi) is 5.37. The lowest BCUT2D eigenvalue weighted by molar-refractivity contribution is 0.603. The molecule has 0 aliphatic rings. The van der Waals surface area contributed by atoms with Crippen molar-refractivity contribution in [2.45, 2.75) is 24.6 Å². The normalized spacial score (nSPS) is 11.6. The Balaban J connectivity index is 2.17. The number of sulfonamides is 1. The minimum Gasteiger partial charge on any atom is -0.313 e. The maximum atomic E-state index is 12.3. The maximum absolute atomic E-state index is 12.3. The van der Waals surface area contributed by atoms with E-state index in [9.17, 15) is 8.42 Å². The molecule has 2 heterocycles. The van der Waals surface area contributed by atoms with Crippen LogP contribution in [0.15, 0.2) is 32.3 Å². The molecular weight excluding hydrogens is 374 g/mol. The SMILES string of the molecule is CCNCc1csc(S(=O)(=O)Nc2ccc(Br)c(C)n2)c1. The van der Waals surface area contributed by atoms with E-state index < -0.39 is 10.0 Å². The molecule has 114 valence electrons. The number of hydrogen-bond donors (Lipinski definition) is 2. The third kappa shape index (κ3) is 4.26. The molecule has 0 saturated heterocycles. The number of hydrogen-bond acceptors (Lipinski definition) is 5. The molecule has 0 amide bonds. The van der Waals surface area contributed by atoms with Crippen LogP contribution in [-0.2, 0) is 16.6 Å². The van der Waals surface area contributed by atoms with Crippen molar-refractivity contribution in [3.05, 3.63) is 39.3 Å². The molecule has 0 radical (unpaired) electrons. The average molecular weight is 390 g/mol. The van der Waals surface area contributed by atoms with E-state index in [1.54, 1.807) is 18.2 Å². The fraction of sp³-hybridized carbons (Fsp3) is 0.308. The lowest BCUT2D eigenvalue weighted by Crippen LogP contribution is -2.13. The van der Waals surface area contributed by atoms with Crippen molar-refractivity contribution in [1.82, 2.24) is 10.3 Å². The molecule has 2 aromatic heterocycles. The van der Waals surface area contributed by atoms with E-state index in [1.807, 2.05) is 19.2 Å². The van der Waals surface area contributed by atoms with Crippen LogP contribution in [0.1, 0.15) is 18.2 Å². The first-order valence-electron chi connectivity index (χ1n) is 6.36. The standard InChI is InChI=1S/C13H16BrN3O2S2/c1-3-15-7-10-6-13(20-8-10)21(18,19)17-12-5-4-11(14)9(2)16-12/h4-6,8,15H,3,7H2,1-2H3,(H,16,17). The predicted octanol–water partition coefficient (Wildman–Crippen LogP) is 3.12. The molecule has 0 spiro atoms. The van der Waals surface area contributed by atoms with Gasteiger partial charge in [0.2, 0.25) is 0 Å². The van der Waals surface area contributed by atoms with Crippen LogP contribution in [0.4, 0.5) is 5.82 Å². The molecule has 0 aromatic carbocycles. The van der Waals surface area contributed by atoms with Crippen LogP contribution in [0.25, 0.3) is 0 Å². The molecule has 0 unspecified atom stereocenters. The van der Waals surface area contributed by atoms with Crippen molar-refractivity contribution in [2.24, 2.45) is 0 Å². The molecule has 0 aliphatic carbocycles. The number of rotatable bonds is 6. The van der Waals surface area contributed by atoms with Gasteiger partial charge in [0.25, 0.3) is 10.0 Å². The van der Waals surface area contributed by atoms with Gasteiger partial charge < -0.3 is 5.32 Å². The van der Waals surface area contributed by atoms with Gasteiger partial charge in [-0.3, -0.25) is 4.72 Å². The van der Waals surface area contributed by atoms with Crippen LogP contribution in [-0.4, -0.2) is 19.9 Å². The summed E-state index contributed by atoms with van der Waals surface area (Å²) in [4.78, 5) is 4.19. The van der Waals surface area contributed by atoms with E-state index in [2.05, 4.69) is 31.0 Å². The minimum absolute atomic E-state index is 0.290. The number of aryl methyl sites for hydroxylation is 1. The summed E-state index contributed by atoms with van der Waals surface area (Å²) in [5.41, 5.74) is 1.69. The highest BCUT2D eigenvalue weighted by molar-refractivity contribution is 9.10. The number of halogens is 1. The first kappa shape index (κ1) is 16.4. The second-order valence-corrected chi connectivity index (χ2v) is 8.10. The van der Waals surface area contributed by atoms with Gasteiger partial charge in [-0.2, -0.15) is 0 Å².